The molecule has 0 spiro atoms. The number of hydrogen-bond acceptors (Lipinski definition) is 4. The van der Waals surface area contributed by atoms with E-state index in [2.05, 4.69) is 85.9 Å². The lowest BCUT2D eigenvalue weighted by Gasteiger charge is -2.43. The van der Waals surface area contributed by atoms with Gasteiger partial charge in [0.1, 0.15) is 22.2 Å². The van der Waals surface area contributed by atoms with Gasteiger partial charge in [-0.2, -0.15) is 5.26 Å². The van der Waals surface area contributed by atoms with Gasteiger partial charge < -0.3 is 13.7 Å². The number of nitriles is 1. The minimum atomic E-state index is -1.89. The molecule has 0 saturated heterocycles. The number of rotatable bonds is 7. The van der Waals surface area contributed by atoms with Gasteiger partial charge >= 0.3 is 0 Å². The molecule has 0 fully saturated rings. The Morgan fingerprint density at radius 2 is 1.83 bits per heavy atom. The van der Waals surface area contributed by atoms with Gasteiger partial charge in [0.25, 0.3) is 0 Å². The van der Waals surface area contributed by atoms with E-state index in [1.165, 1.54) is 0 Å². The van der Waals surface area contributed by atoms with Gasteiger partial charge in [-0.05, 0) is 61.5 Å². The molecule has 0 aromatic carbocycles. The summed E-state index contributed by atoms with van der Waals surface area (Å²) in [5, 5.41) is 9.43. The first-order valence-corrected chi connectivity index (χ1v) is 12.3. The van der Waals surface area contributed by atoms with Gasteiger partial charge in [0.05, 0.1) is 12.1 Å². The van der Waals surface area contributed by atoms with E-state index in [0.29, 0.717) is 25.5 Å². The SMILES string of the molecule is CCOCc1nc(C#N)c(I)n1CC(C)(C)O[Si](C)(C)C(C)(C)C. The third-order valence-electron chi connectivity index (χ3n) is 4.40. The Morgan fingerprint density at radius 1 is 1.25 bits per heavy atom. The normalized spacial score (nSPS) is 13.2. The Labute approximate surface area is 161 Å². The molecular formula is C17H30IN3O2Si. The zero-order valence-electron chi connectivity index (χ0n) is 16.2. The smallest absolute Gasteiger partial charge is 0.192 e. The average Bonchev–Trinajstić information content (AvgIpc) is 2.70. The zero-order valence-corrected chi connectivity index (χ0v) is 19.3. The molecule has 136 valence electrons. The lowest BCUT2D eigenvalue weighted by molar-refractivity contribution is 0.0668. The minimum Gasteiger partial charge on any atom is -0.410 e. The third-order valence-corrected chi connectivity index (χ3v) is 10.2. The second kappa shape index (κ2) is 7.85. The van der Waals surface area contributed by atoms with Crippen molar-refractivity contribution in [3.63, 3.8) is 0 Å². The summed E-state index contributed by atoms with van der Waals surface area (Å²) < 4.78 is 15.0. The number of hydrogen-bond donors (Lipinski definition) is 0. The molecule has 24 heavy (non-hydrogen) atoms. The first-order chi connectivity index (χ1) is 10.8. The highest BCUT2D eigenvalue weighted by atomic mass is 127. The lowest BCUT2D eigenvalue weighted by atomic mass is 10.1. The van der Waals surface area contributed by atoms with Crippen molar-refractivity contribution in [3.8, 4) is 6.07 Å². The number of halogens is 1. The Balaban J connectivity index is 3.10. The molecule has 0 aliphatic heterocycles. The highest BCUT2D eigenvalue weighted by Crippen LogP contribution is 2.39. The molecular weight excluding hydrogens is 433 g/mol. The Hall–Kier alpha value is -0.433. The summed E-state index contributed by atoms with van der Waals surface area (Å²) >= 11 is 2.19. The zero-order chi connectivity index (χ0) is 18.8. The van der Waals surface area contributed by atoms with Gasteiger partial charge in [0.2, 0.25) is 0 Å². The molecule has 1 aromatic heterocycles. The molecule has 0 radical (unpaired) electrons. The standard InChI is InChI=1S/C17H30IN3O2Si/c1-9-22-11-14-20-13(10-19)15(18)21(14)12-17(5,6)23-24(7,8)16(2,3)4/h9,11-12H2,1-8H3. The first-order valence-electron chi connectivity index (χ1n) is 8.27. The Kier molecular flexibility index (Phi) is 7.07. The van der Waals surface area contributed by atoms with Crippen molar-refractivity contribution in [2.45, 2.75) is 78.4 Å². The number of aromatic nitrogens is 2. The van der Waals surface area contributed by atoms with Gasteiger partial charge in [-0.3, -0.25) is 0 Å². The first kappa shape index (κ1) is 21.6. The molecule has 0 atom stereocenters. The van der Waals surface area contributed by atoms with Crippen LogP contribution < -0.4 is 0 Å². The van der Waals surface area contributed by atoms with Crippen LogP contribution in [-0.2, 0) is 22.3 Å². The molecule has 7 heteroatoms. The molecule has 1 heterocycles. The molecule has 0 unspecified atom stereocenters. The van der Waals surface area contributed by atoms with E-state index in [4.69, 9.17) is 9.16 Å². The van der Waals surface area contributed by atoms with Crippen LogP contribution in [0.4, 0.5) is 0 Å². The van der Waals surface area contributed by atoms with Crippen LogP contribution in [-0.4, -0.2) is 30.1 Å². The van der Waals surface area contributed by atoms with Gasteiger partial charge in [0.15, 0.2) is 14.0 Å². The maximum Gasteiger partial charge on any atom is 0.192 e. The fourth-order valence-corrected chi connectivity index (χ4v) is 4.71. The van der Waals surface area contributed by atoms with Crippen LogP contribution in [0.3, 0.4) is 0 Å². The van der Waals surface area contributed by atoms with Gasteiger partial charge in [-0.15, -0.1) is 0 Å². The highest BCUT2D eigenvalue weighted by Gasteiger charge is 2.41. The van der Waals surface area contributed by atoms with Crippen molar-refractivity contribution in [1.29, 1.82) is 5.26 Å². The van der Waals surface area contributed by atoms with E-state index in [1.807, 2.05) is 6.92 Å². The van der Waals surface area contributed by atoms with Crippen molar-refractivity contribution >= 4 is 30.9 Å². The fraction of sp³-hybridized carbons (Fsp3) is 0.765. The van der Waals surface area contributed by atoms with Gasteiger partial charge in [0, 0.05) is 6.61 Å². The topological polar surface area (TPSA) is 60.1 Å². The van der Waals surface area contributed by atoms with E-state index >= 15 is 0 Å². The molecule has 0 aliphatic carbocycles. The molecule has 5 nitrogen and oxygen atoms in total. The Bertz CT molecular complexity index is 613. The summed E-state index contributed by atoms with van der Waals surface area (Å²) in [4.78, 5) is 4.42. The van der Waals surface area contributed by atoms with Crippen molar-refractivity contribution in [2.24, 2.45) is 0 Å². The van der Waals surface area contributed by atoms with Crippen molar-refractivity contribution in [1.82, 2.24) is 9.55 Å². The monoisotopic (exact) mass is 463 g/mol. The van der Waals surface area contributed by atoms with Crippen LogP contribution >= 0.6 is 22.6 Å². The van der Waals surface area contributed by atoms with E-state index < -0.39 is 8.32 Å². The highest BCUT2D eigenvalue weighted by molar-refractivity contribution is 14.1. The van der Waals surface area contributed by atoms with Crippen LogP contribution in [0.1, 0.15) is 53.1 Å². The van der Waals surface area contributed by atoms with Crippen LogP contribution in [0.5, 0.6) is 0 Å². The van der Waals surface area contributed by atoms with E-state index in [-0.39, 0.29) is 10.6 Å². The fourth-order valence-electron chi connectivity index (χ4n) is 2.27. The van der Waals surface area contributed by atoms with Crippen LogP contribution in [0.25, 0.3) is 0 Å². The molecule has 1 rings (SSSR count). The van der Waals surface area contributed by atoms with Crippen LogP contribution in [0, 0.1) is 15.0 Å². The summed E-state index contributed by atoms with van der Waals surface area (Å²) in [6.07, 6.45) is 0. The molecule has 0 saturated carbocycles. The van der Waals surface area contributed by atoms with Crippen molar-refractivity contribution in [3.05, 3.63) is 15.2 Å². The summed E-state index contributed by atoms with van der Waals surface area (Å²) in [5.74, 6) is 0.782. The van der Waals surface area contributed by atoms with Crippen LogP contribution in [0.15, 0.2) is 0 Å². The molecule has 0 N–H and O–H groups in total. The van der Waals surface area contributed by atoms with Crippen LogP contribution in [0.2, 0.25) is 18.1 Å². The molecule has 1 aromatic rings. The van der Waals surface area contributed by atoms with E-state index in [9.17, 15) is 5.26 Å². The maximum atomic E-state index is 9.28. The number of nitrogens with zero attached hydrogens (tertiary/aromatic N) is 3. The second-order valence-electron chi connectivity index (χ2n) is 8.12. The summed E-state index contributed by atoms with van der Waals surface area (Å²) in [6, 6.07) is 2.16. The largest absolute Gasteiger partial charge is 0.410 e. The van der Waals surface area contributed by atoms with E-state index in [1.54, 1.807) is 0 Å². The lowest BCUT2D eigenvalue weighted by Crippen LogP contribution is -2.49. The minimum absolute atomic E-state index is 0.151. The summed E-state index contributed by atoms with van der Waals surface area (Å²) in [7, 11) is -1.89. The van der Waals surface area contributed by atoms with Crippen molar-refractivity contribution in [2.75, 3.05) is 6.61 Å². The van der Waals surface area contributed by atoms with E-state index in [0.717, 1.165) is 9.53 Å². The van der Waals surface area contributed by atoms with Gasteiger partial charge in [-0.1, -0.05) is 20.8 Å². The third kappa shape index (κ3) is 5.28. The van der Waals surface area contributed by atoms with Gasteiger partial charge in [-0.25, -0.2) is 4.98 Å². The Morgan fingerprint density at radius 3 is 2.29 bits per heavy atom. The predicted molar refractivity (Wildman–Crippen MR) is 107 cm³/mol. The quantitative estimate of drug-likeness (QED) is 0.435. The second-order valence-corrected chi connectivity index (χ2v) is 13.9. The average molecular weight is 463 g/mol. The predicted octanol–water partition coefficient (Wildman–Crippen LogP) is 4.70. The van der Waals surface area contributed by atoms with Crippen molar-refractivity contribution < 1.29 is 9.16 Å². The number of ether oxygens (including phenoxy) is 1. The molecule has 0 aliphatic rings. The number of imidazole rings is 1. The summed E-state index contributed by atoms with van der Waals surface area (Å²) in [6.45, 7) is 19.1. The summed E-state index contributed by atoms with van der Waals surface area (Å²) in [5.41, 5.74) is 0.102. The maximum absolute atomic E-state index is 9.28. The molecule has 0 bridgehead atoms. The molecule has 0 amide bonds.